The molecule has 12 nitrogen and oxygen atoms in total. The van der Waals surface area contributed by atoms with Crippen LogP contribution in [0.5, 0.6) is 23.0 Å². The molecule has 5 rings (SSSR count). The molecule has 0 aliphatic rings. The highest BCUT2D eigenvalue weighted by molar-refractivity contribution is 6.02. The molecule has 0 spiro atoms. The van der Waals surface area contributed by atoms with Crippen LogP contribution in [0.3, 0.4) is 0 Å². The molecule has 52 heavy (non-hydrogen) atoms. The molecule has 5 aromatic carbocycles. The monoisotopic (exact) mass is 714 g/mol. The Labute approximate surface area is 290 Å². The van der Waals surface area contributed by atoms with Crippen molar-refractivity contribution in [2.24, 2.45) is 0 Å². The first-order valence-electron chi connectivity index (χ1n) is 14.8. The normalized spacial score (nSPS) is 11.0. The molecular weight excluding hydrogens is 692 g/mol. The van der Waals surface area contributed by atoms with E-state index >= 15 is 17.6 Å². The highest BCUT2D eigenvalue weighted by Gasteiger charge is 2.29. The number of nitrogens with zero attached hydrogens (tertiary/aromatic N) is 2. The molecule has 0 fully saturated rings. The summed E-state index contributed by atoms with van der Waals surface area (Å²) in [5.74, 6) is -12.6. The first-order chi connectivity index (χ1) is 24.9. The summed E-state index contributed by atoms with van der Waals surface area (Å²) in [6, 6.07) is 21.1. The molecule has 0 aliphatic heterocycles. The summed E-state index contributed by atoms with van der Waals surface area (Å²) in [6.45, 7) is 0. The van der Waals surface area contributed by atoms with Gasteiger partial charge in [-0.05, 0) is 47.5 Å². The molecule has 0 saturated carbocycles. The van der Waals surface area contributed by atoms with Crippen LogP contribution >= 0.6 is 0 Å². The highest BCUT2D eigenvalue weighted by Crippen LogP contribution is 2.39. The molecule has 0 aliphatic carbocycles. The molecule has 2 N–H and O–H groups in total. The first-order valence-corrected chi connectivity index (χ1v) is 14.8. The average Bonchev–Trinajstić information content (AvgIpc) is 3.13. The van der Waals surface area contributed by atoms with Gasteiger partial charge in [0.2, 0.25) is 46.6 Å². The van der Waals surface area contributed by atoms with Gasteiger partial charge in [-0.25, -0.2) is 0 Å². The van der Waals surface area contributed by atoms with Crippen LogP contribution in [0.4, 0.5) is 40.3 Å². The summed E-state index contributed by atoms with van der Waals surface area (Å²) in [7, 11) is 0. The fourth-order valence-corrected chi connectivity index (χ4v) is 4.48. The van der Waals surface area contributed by atoms with Gasteiger partial charge >= 0.3 is 0 Å². The Morgan fingerprint density at radius 1 is 0.558 bits per heavy atom. The molecule has 262 valence electrons. The van der Waals surface area contributed by atoms with Crippen LogP contribution in [0.2, 0.25) is 0 Å². The molecule has 0 saturated heterocycles. The van der Waals surface area contributed by atoms with E-state index in [-0.39, 0.29) is 34.2 Å². The van der Waals surface area contributed by atoms with Crippen molar-refractivity contribution in [1.82, 2.24) is 0 Å². The molecule has 2 amide bonds. The number of anilines is 2. The molecule has 5 aromatic rings. The molecule has 0 aromatic heterocycles. The number of nitrogens with one attached hydrogen (secondary N) is 2. The van der Waals surface area contributed by atoms with Crippen LogP contribution in [0, 0.1) is 43.5 Å². The van der Waals surface area contributed by atoms with Gasteiger partial charge < -0.3 is 20.1 Å². The molecule has 0 radical (unpaired) electrons. The Balaban J connectivity index is 1.26. The van der Waals surface area contributed by atoms with Crippen molar-refractivity contribution in [2.75, 3.05) is 10.6 Å². The van der Waals surface area contributed by atoms with Gasteiger partial charge in [0.25, 0.3) is 11.4 Å². The molecule has 0 bridgehead atoms. The summed E-state index contributed by atoms with van der Waals surface area (Å²) in [5, 5.41) is 26.8. The number of ether oxygens (including phenoxy) is 2. The topological polar surface area (TPSA) is 163 Å². The van der Waals surface area contributed by atoms with Crippen LogP contribution in [0.1, 0.15) is 11.1 Å². The lowest BCUT2D eigenvalue weighted by atomic mass is 10.2. The minimum Gasteiger partial charge on any atom is -0.451 e. The van der Waals surface area contributed by atoms with Gasteiger partial charge in [-0.2, -0.15) is 17.6 Å². The lowest BCUT2D eigenvalue weighted by Gasteiger charge is -2.14. The maximum Gasteiger partial charge on any atom is 0.270 e. The second-order valence-electron chi connectivity index (χ2n) is 10.5. The van der Waals surface area contributed by atoms with E-state index in [4.69, 9.17) is 9.47 Å². The van der Waals surface area contributed by atoms with Gasteiger partial charge in [-0.3, -0.25) is 29.8 Å². The number of nitro benzene ring substituents is 2. The van der Waals surface area contributed by atoms with Gasteiger partial charge in [-0.1, -0.05) is 36.4 Å². The average molecular weight is 715 g/mol. The SMILES string of the molecule is O=C(/C=C/c1cccc([N+](=O)[O-])c1)Nc1cccc(Oc2c(F)c(F)c(Oc3cccc(NC(=O)/C=C/c4cccc([N+](=O)[O-])c4)c3)c(F)c2F)c1. The zero-order valence-corrected chi connectivity index (χ0v) is 26.2. The summed E-state index contributed by atoms with van der Waals surface area (Å²) in [5.41, 5.74) is 0.519. The third-order valence-electron chi connectivity index (χ3n) is 6.84. The first kappa shape index (κ1) is 35.9. The number of nitro groups is 2. The predicted molar refractivity (Wildman–Crippen MR) is 181 cm³/mol. The van der Waals surface area contributed by atoms with Crippen molar-refractivity contribution < 1.29 is 46.5 Å². The molecular formula is C36H22F4N4O8. The quantitative estimate of drug-likeness (QED) is 0.0425. The third-order valence-corrected chi connectivity index (χ3v) is 6.84. The summed E-state index contributed by atoms with van der Waals surface area (Å²) in [4.78, 5) is 45.5. The lowest BCUT2D eigenvalue weighted by molar-refractivity contribution is -0.385. The van der Waals surface area contributed by atoms with Crippen LogP contribution in [0.25, 0.3) is 12.2 Å². The maximum atomic E-state index is 15.1. The minimum atomic E-state index is -1.93. The Bertz CT molecular complexity index is 2090. The van der Waals surface area contributed by atoms with Crippen LogP contribution in [-0.2, 0) is 9.59 Å². The number of non-ortho nitro benzene ring substituents is 2. The predicted octanol–water partition coefficient (Wildman–Crippen LogP) is 8.95. The van der Waals surface area contributed by atoms with E-state index in [9.17, 15) is 29.8 Å². The van der Waals surface area contributed by atoms with Crippen molar-refractivity contribution in [1.29, 1.82) is 0 Å². The van der Waals surface area contributed by atoms with Crippen molar-refractivity contribution in [2.45, 2.75) is 0 Å². The molecule has 0 atom stereocenters. The number of hydrogen-bond acceptors (Lipinski definition) is 8. The van der Waals surface area contributed by atoms with Crippen LogP contribution in [-0.4, -0.2) is 21.7 Å². The summed E-state index contributed by atoms with van der Waals surface area (Å²) in [6.07, 6.45) is 4.80. The number of benzene rings is 5. The van der Waals surface area contributed by atoms with E-state index in [0.29, 0.717) is 11.1 Å². The van der Waals surface area contributed by atoms with Crippen molar-refractivity contribution in [3.8, 4) is 23.0 Å². The Kier molecular flexibility index (Phi) is 11.0. The van der Waals surface area contributed by atoms with Gasteiger partial charge in [-0.15, -0.1) is 0 Å². The zero-order valence-electron chi connectivity index (χ0n) is 26.2. The minimum absolute atomic E-state index is 0.0689. The van der Waals surface area contributed by atoms with E-state index < -0.39 is 56.4 Å². The fourth-order valence-electron chi connectivity index (χ4n) is 4.48. The van der Waals surface area contributed by atoms with Crippen LogP contribution in [0.15, 0.2) is 109 Å². The number of amides is 2. The third kappa shape index (κ3) is 9.00. The standard InChI is InChI=1S/C36H22F4N4O8/c37-31-33(39)36(52-28-12-4-8-24(20-28)42-30(46)16-14-22-6-2-10-26(18-22)44(49)50)34(40)32(38)35(31)51-27-11-3-7-23(19-27)41-29(45)15-13-21-5-1-9-25(17-21)43(47)48/h1-20H,(H,41,45)(H,42,46)/b15-13+,16-14+. The van der Waals surface area contributed by atoms with Gasteiger partial charge in [0.15, 0.2) is 0 Å². The number of halogens is 4. The second-order valence-corrected chi connectivity index (χ2v) is 10.5. The van der Waals surface area contributed by atoms with Crippen molar-refractivity contribution >= 4 is 46.7 Å². The summed E-state index contributed by atoms with van der Waals surface area (Å²) < 4.78 is 70.6. The Hall–Kier alpha value is -7.36. The van der Waals surface area contributed by atoms with Gasteiger partial charge in [0.1, 0.15) is 11.5 Å². The summed E-state index contributed by atoms with van der Waals surface area (Å²) >= 11 is 0. The zero-order chi connectivity index (χ0) is 37.4. The number of carbonyl (C=O) groups excluding carboxylic acids is 2. The van der Waals surface area contributed by atoms with E-state index in [1.54, 1.807) is 0 Å². The van der Waals surface area contributed by atoms with Crippen molar-refractivity contribution in [3.63, 3.8) is 0 Å². The molecule has 16 heteroatoms. The second kappa shape index (κ2) is 15.9. The maximum absolute atomic E-state index is 15.1. The molecule has 0 unspecified atom stereocenters. The fraction of sp³-hybridized carbons (Fsp3) is 0. The molecule has 0 heterocycles. The van der Waals surface area contributed by atoms with E-state index in [1.807, 2.05) is 0 Å². The van der Waals surface area contributed by atoms with Crippen molar-refractivity contribution in [3.05, 3.63) is 164 Å². The Morgan fingerprint density at radius 2 is 0.923 bits per heavy atom. The van der Waals surface area contributed by atoms with Crippen LogP contribution < -0.4 is 20.1 Å². The highest BCUT2D eigenvalue weighted by atomic mass is 19.2. The Morgan fingerprint density at radius 3 is 1.29 bits per heavy atom. The van der Waals surface area contributed by atoms with Gasteiger partial charge in [0.05, 0.1) is 9.85 Å². The van der Waals surface area contributed by atoms with E-state index in [0.717, 1.165) is 24.3 Å². The number of rotatable bonds is 12. The van der Waals surface area contributed by atoms with E-state index in [2.05, 4.69) is 10.6 Å². The number of carbonyl (C=O) groups is 2. The largest absolute Gasteiger partial charge is 0.451 e. The lowest BCUT2D eigenvalue weighted by Crippen LogP contribution is -2.08. The smallest absolute Gasteiger partial charge is 0.270 e. The van der Waals surface area contributed by atoms with Gasteiger partial charge in [0, 0.05) is 59.9 Å². The van der Waals surface area contributed by atoms with E-state index in [1.165, 1.54) is 97.1 Å². The number of hydrogen-bond donors (Lipinski definition) is 2.